The molecule has 2 aromatic rings. The fraction of sp³-hybridized carbons (Fsp3) is 0.333. The van der Waals surface area contributed by atoms with E-state index in [-0.39, 0.29) is 11.7 Å². The number of carbonyl (C=O) groups excluding carboxylic acids is 2. The molecule has 0 aliphatic rings. The molecule has 1 amide bonds. The number of amides is 1. The summed E-state index contributed by atoms with van der Waals surface area (Å²) in [5.74, 6) is 0.897. The monoisotopic (exact) mass is 318 g/mol. The van der Waals surface area contributed by atoms with E-state index in [1.54, 1.807) is 25.0 Å². The maximum absolute atomic E-state index is 11.1. The van der Waals surface area contributed by atoms with E-state index in [0.717, 1.165) is 28.7 Å². The average Bonchev–Trinajstić information content (AvgIpc) is 2.91. The van der Waals surface area contributed by atoms with Gasteiger partial charge >= 0.3 is 0 Å². The standard InChI is InChI=1S/C15H18N4O2S/c1-11(20)5-4-8-22-15-18-16-10-19(15)14-7-3-6-13(9-14)17-12(2)21/h3,6-7,9-10H,4-5,8H2,1-2H3,(H,17,21). The molecule has 0 aliphatic carbocycles. The van der Waals surface area contributed by atoms with Crippen molar-refractivity contribution in [1.29, 1.82) is 0 Å². The summed E-state index contributed by atoms with van der Waals surface area (Å²) in [7, 11) is 0. The molecule has 0 saturated carbocycles. The van der Waals surface area contributed by atoms with Crippen LogP contribution >= 0.6 is 11.8 Å². The van der Waals surface area contributed by atoms with E-state index in [0.29, 0.717) is 6.42 Å². The molecule has 7 heteroatoms. The van der Waals surface area contributed by atoms with Crippen molar-refractivity contribution in [2.45, 2.75) is 31.8 Å². The number of nitrogens with zero attached hydrogens (tertiary/aromatic N) is 3. The van der Waals surface area contributed by atoms with E-state index in [4.69, 9.17) is 0 Å². The van der Waals surface area contributed by atoms with Gasteiger partial charge in [-0.1, -0.05) is 17.8 Å². The van der Waals surface area contributed by atoms with E-state index in [1.807, 2.05) is 28.8 Å². The molecule has 0 unspecified atom stereocenters. The summed E-state index contributed by atoms with van der Waals surface area (Å²) < 4.78 is 1.86. The highest BCUT2D eigenvalue weighted by atomic mass is 32.2. The molecule has 0 spiro atoms. The minimum atomic E-state index is -0.111. The molecule has 1 aromatic carbocycles. The summed E-state index contributed by atoms with van der Waals surface area (Å²) in [6.45, 7) is 3.07. The molecule has 1 N–H and O–H groups in total. The molecular weight excluding hydrogens is 300 g/mol. The Morgan fingerprint density at radius 3 is 2.86 bits per heavy atom. The Hall–Kier alpha value is -2.15. The first-order valence-electron chi connectivity index (χ1n) is 6.96. The van der Waals surface area contributed by atoms with Crippen LogP contribution in [0, 0.1) is 0 Å². The lowest BCUT2D eigenvalue weighted by molar-refractivity contribution is -0.117. The molecule has 1 heterocycles. The van der Waals surface area contributed by atoms with Crippen LogP contribution in [0.5, 0.6) is 0 Å². The maximum Gasteiger partial charge on any atom is 0.221 e. The van der Waals surface area contributed by atoms with Gasteiger partial charge in [0.25, 0.3) is 0 Å². The molecule has 0 fully saturated rings. The first-order chi connectivity index (χ1) is 10.6. The molecule has 2 rings (SSSR count). The normalized spacial score (nSPS) is 10.5. The summed E-state index contributed by atoms with van der Waals surface area (Å²) in [6, 6.07) is 7.48. The van der Waals surface area contributed by atoms with Crippen molar-refractivity contribution in [1.82, 2.24) is 14.8 Å². The van der Waals surface area contributed by atoms with E-state index < -0.39 is 0 Å². The highest BCUT2D eigenvalue weighted by molar-refractivity contribution is 7.99. The summed E-state index contributed by atoms with van der Waals surface area (Å²) in [5.41, 5.74) is 1.61. The fourth-order valence-electron chi connectivity index (χ4n) is 1.92. The van der Waals surface area contributed by atoms with E-state index in [2.05, 4.69) is 15.5 Å². The minimum absolute atomic E-state index is 0.111. The third-order valence-corrected chi connectivity index (χ3v) is 3.89. The fourth-order valence-corrected chi connectivity index (χ4v) is 2.79. The zero-order valence-corrected chi connectivity index (χ0v) is 13.4. The Morgan fingerprint density at radius 2 is 2.14 bits per heavy atom. The first kappa shape index (κ1) is 16.2. The number of benzene rings is 1. The lowest BCUT2D eigenvalue weighted by atomic mass is 10.2. The van der Waals surface area contributed by atoms with Crippen LogP contribution in [0.15, 0.2) is 35.7 Å². The van der Waals surface area contributed by atoms with Crippen molar-refractivity contribution in [3.63, 3.8) is 0 Å². The Bertz CT molecular complexity index is 669. The second-order valence-electron chi connectivity index (χ2n) is 4.87. The van der Waals surface area contributed by atoms with Gasteiger partial charge in [-0.05, 0) is 31.5 Å². The number of rotatable bonds is 7. The third kappa shape index (κ3) is 4.70. The first-order valence-corrected chi connectivity index (χ1v) is 7.95. The predicted molar refractivity (Wildman–Crippen MR) is 86.3 cm³/mol. The van der Waals surface area contributed by atoms with Crippen LogP contribution in [-0.4, -0.2) is 32.2 Å². The second kappa shape index (κ2) is 7.74. The lowest BCUT2D eigenvalue weighted by Crippen LogP contribution is -2.06. The number of Topliss-reactive ketones (excluding diaryl/α,β-unsaturated/α-hetero) is 1. The van der Waals surface area contributed by atoms with Gasteiger partial charge in [0.15, 0.2) is 5.16 Å². The number of nitrogens with one attached hydrogen (secondary N) is 1. The van der Waals surface area contributed by atoms with Crippen LogP contribution in [0.3, 0.4) is 0 Å². The van der Waals surface area contributed by atoms with Gasteiger partial charge in [-0.15, -0.1) is 10.2 Å². The van der Waals surface area contributed by atoms with Crippen molar-refractivity contribution in [3.05, 3.63) is 30.6 Å². The van der Waals surface area contributed by atoms with E-state index >= 15 is 0 Å². The Morgan fingerprint density at radius 1 is 1.32 bits per heavy atom. The number of aromatic nitrogens is 3. The molecule has 0 atom stereocenters. The molecule has 0 radical (unpaired) electrons. The Balaban J connectivity index is 2.08. The molecule has 116 valence electrons. The zero-order valence-electron chi connectivity index (χ0n) is 12.6. The van der Waals surface area contributed by atoms with Crippen LogP contribution in [0.4, 0.5) is 5.69 Å². The minimum Gasteiger partial charge on any atom is -0.326 e. The van der Waals surface area contributed by atoms with Crippen LogP contribution in [0.1, 0.15) is 26.7 Å². The summed E-state index contributed by atoms with van der Waals surface area (Å²) >= 11 is 1.56. The molecular formula is C15H18N4O2S. The Kier molecular flexibility index (Phi) is 5.71. The van der Waals surface area contributed by atoms with E-state index in [9.17, 15) is 9.59 Å². The number of ketones is 1. The van der Waals surface area contributed by atoms with Gasteiger partial charge in [-0.2, -0.15) is 0 Å². The number of hydrogen-bond donors (Lipinski definition) is 1. The molecule has 0 aliphatic heterocycles. The summed E-state index contributed by atoms with van der Waals surface area (Å²) in [5, 5.41) is 11.6. The van der Waals surface area contributed by atoms with Crippen LogP contribution in [0.25, 0.3) is 5.69 Å². The summed E-state index contributed by atoms with van der Waals surface area (Å²) in [6.07, 6.45) is 3.04. The number of thioether (sulfide) groups is 1. The van der Waals surface area contributed by atoms with Crippen molar-refractivity contribution < 1.29 is 9.59 Å². The van der Waals surface area contributed by atoms with Crippen LogP contribution in [0.2, 0.25) is 0 Å². The van der Waals surface area contributed by atoms with E-state index in [1.165, 1.54) is 6.92 Å². The number of anilines is 1. The maximum atomic E-state index is 11.1. The largest absolute Gasteiger partial charge is 0.326 e. The highest BCUT2D eigenvalue weighted by Gasteiger charge is 2.08. The average molecular weight is 318 g/mol. The smallest absolute Gasteiger partial charge is 0.221 e. The third-order valence-electron chi connectivity index (χ3n) is 2.87. The molecule has 0 saturated heterocycles. The SMILES string of the molecule is CC(=O)CCCSc1nncn1-c1cccc(NC(C)=O)c1. The molecule has 0 bridgehead atoms. The van der Waals surface area contributed by atoms with Gasteiger partial charge in [-0.25, -0.2) is 0 Å². The van der Waals surface area contributed by atoms with Gasteiger partial charge in [-0.3, -0.25) is 9.36 Å². The van der Waals surface area contributed by atoms with Crippen LogP contribution < -0.4 is 5.32 Å². The molecule has 22 heavy (non-hydrogen) atoms. The number of carbonyl (C=O) groups is 2. The Labute approximate surface area is 133 Å². The predicted octanol–water partition coefficient (Wildman–Crippen LogP) is 2.69. The van der Waals surface area contributed by atoms with Crippen molar-refractivity contribution >= 4 is 29.1 Å². The summed E-state index contributed by atoms with van der Waals surface area (Å²) in [4.78, 5) is 22.1. The quantitative estimate of drug-likeness (QED) is 0.627. The van der Waals surface area contributed by atoms with Gasteiger partial charge in [0, 0.05) is 24.8 Å². The topological polar surface area (TPSA) is 76.9 Å². The van der Waals surface area contributed by atoms with Crippen molar-refractivity contribution in [2.75, 3.05) is 11.1 Å². The van der Waals surface area contributed by atoms with Gasteiger partial charge in [0.05, 0.1) is 5.69 Å². The van der Waals surface area contributed by atoms with Gasteiger partial charge in [0.2, 0.25) is 5.91 Å². The van der Waals surface area contributed by atoms with Gasteiger partial charge < -0.3 is 10.1 Å². The van der Waals surface area contributed by atoms with Crippen molar-refractivity contribution in [3.8, 4) is 5.69 Å². The molecule has 6 nitrogen and oxygen atoms in total. The van der Waals surface area contributed by atoms with Crippen molar-refractivity contribution in [2.24, 2.45) is 0 Å². The lowest BCUT2D eigenvalue weighted by Gasteiger charge is -2.08. The second-order valence-corrected chi connectivity index (χ2v) is 5.93. The zero-order chi connectivity index (χ0) is 15.9. The number of hydrogen-bond acceptors (Lipinski definition) is 5. The highest BCUT2D eigenvalue weighted by Crippen LogP contribution is 2.22. The molecule has 1 aromatic heterocycles. The van der Waals surface area contributed by atoms with Gasteiger partial charge in [0.1, 0.15) is 12.1 Å². The van der Waals surface area contributed by atoms with Crippen LogP contribution in [-0.2, 0) is 9.59 Å².